The smallest absolute Gasteiger partial charge is 0.416 e. The number of carbonyl (C=O) groups excluding carboxylic acids is 2. The van der Waals surface area contributed by atoms with Gasteiger partial charge in [-0.2, -0.15) is 13.2 Å². The number of amides is 2. The van der Waals surface area contributed by atoms with E-state index in [1.54, 1.807) is 39.0 Å². The van der Waals surface area contributed by atoms with Crippen LogP contribution in [0.25, 0.3) is 11.3 Å². The lowest BCUT2D eigenvalue weighted by Gasteiger charge is -2.50. The first-order valence-corrected chi connectivity index (χ1v) is 15.2. The number of sulfone groups is 1. The van der Waals surface area contributed by atoms with Crippen molar-refractivity contribution < 1.29 is 40.7 Å². The zero-order valence-corrected chi connectivity index (χ0v) is 24.5. The van der Waals surface area contributed by atoms with Gasteiger partial charge in [-0.3, -0.25) is 4.98 Å². The van der Waals surface area contributed by atoms with E-state index in [1.165, 1.54) is 28.0 Å². The predicted molar refractivity (Wildman–Crippen MR) is 149 cm³/mol. The normalized spacial score (nSPS) is 18.5. The Bertz CT molecular complexity index is 1430. The highest BCUT2D eigenvalue weighted by molar-refractivity contribution is 7.90. The van der Waals surface area contributed by atoms with Crippen LogP contribution in [0.4, 0.5) is 22.8 Å². The van der Waals surface area contributed by atoms with E-state index >= 15 is 0 Å². The van der Waals surface area contributed by atoms with Gasteiger partial charge in [0.15, 0.2) is 9.84 Å². The standard InChI is InChI=1S/C29H34F3N3O6S/c1-5-13-40-25(36)34-14-22(28(17-34)18-35(19-28)26(37)41-27(2,3)4)15-42(38,39)16-23-7-6-8-24(33-23)20-9-11-21(12-10-20)29(30,31)32/h5-12,22H,1,13-19H2,2-4H3. The number of hydrogen-bond acceptors (Lipinski definition) is 7. The van der Waals surface area contributed by atoms with Crippen molar-refractivity contribution in [1.29, 1.82) is 0 Å². The molecule has 2 aliphatic rings. The van der Waals surface area contributed by atoms with Gasteiger partial charge in [-0.15, -0.1) is 0 Å². The minimum atomic E-state index is -4.47. The zero-order valence-electron chi connectivity index (χ0n) is 23.7. The maximum Gasteiger partial charge on any atom is 0.416 e. The van der Waals surface area contributed by atoms with Gasteiger partial charge in [0.1, 0.15) is 12.2 Å². The molecule has 0 radical (unpaired) electrons. The van der Waals surface area contributed by atoms with Gasteiger partial charge in [-0.1, -0.05) is 30.9 Å². The molecule has 228 valence electrons. The number of halogens is 3. The van der Waals surface area contributed by atoms with Crippen LogP contribution in [0.1, 0.15) is 32.0 Å². The number of hydrogen-bond donors (Lipinski definition) is 0. The van der Waals surface area contributed by atoms with Crippen molar-refractivity contribution in [2.75, 3.05) is 38.5 Å². The summed E-state index contributed by atoms with van der Waals surface area (Å²) in [5, 5.41) is 0. The molecule has 0 saturated carbocycles. The number of likely N-dealkylation sites (tertiary alicyclic amines) is 2. The molecule has 1 unspecified atom stereocenters. The first-order valence-electron chi connectivity index (χ1n) is 13.3. The molecule has 1 aromatic carbocycles. The summed E-state index contributed by atoms with van der Waals surface area (Å²) in [7, 11) is -3.76. The molecule has 2 aliphatic heterocycles. The fourth-order valence-corrected chi connectivity index (χ4v) is 7.09. The summed E-state index contributed by atoms with van der Waals surface area (Å²) in [6, 6.07) is 9.22. The summed E-state index contributed by atoms with van der Waals surface area (Å²) >= 11 is 0. The SMILES string of the molecule is C=CCOC(=O)N1CC(CS(=O)(=O)Cc2cccc(-c3ccc(C(F)(F)F)cc3)n2)C2(C1)CN(C(=O)OC(C)(C)C)C2. The van der Waals surface area contributed by atoms with Crippen LogP contribution >= 0.6 is 0 Å². The van der Waals surface area contributed by atoms with E-state index in [1.807, 2.05) is 0 Å². The van der Waals surface area contributed by atoms with E-state index in [2.05, 4.69) is 11.6 Å². The number of benzene rings is 1. The molecule has 3 heterocycles. The fourth-order valence-electron chi connectivity index (χ4n) is 5.29. The zero-order chi connectivity index (χ0) is 30.9. The van der Waals surface area contributed by atoms with Crippen LogP contribution in [0.3, 0.4) is 0 Å². The van der Waals surface area contributed by atoms with Crippen LogP contribution < -0.4 is 0 Å². The Labute approximate surface area is 243 Å². The van der Waals surface area contributed by atoms with Crippen molar-refractivity contribution in [1.82, 2.24) is 14.8 Å². The molecule has 2 aromatic rings. The lowest BCUT2D eigenvalue weighted by molar-refractivity contribution is -0.137. The minimum absolute atomic E-state index is 0.0102. The van der Waals surface area contributed by atoms with Crippen LogP contribution in [0.15, 0.2) is 55.1 Å². The van der Waals surface area contributed by atoms with Gasteiger partial charge >= 0.3 is 18.4 Å². The molecule has 4 rings (SSSR count). The van der Waals surface area contributed by atoms with Crippen molar-refractivity contribution in [3.05, 3.63) is 66.4 Å². The monoisotopic (exact) mass is 609 g/mol. The molecular weight excluding hydrogens is 575 g/mol. The number of ether oxygens (including phenoxy) is 2. The Kier molecular flexibility index (Phi) is 8.64. The third kappa shape index (κ3) is 7.42. The number of pyridine rings is 1. The first-order chi connectivity index (χ1) is 19.5. The number of nitrogens with zero attached hydrogens (tertiary/aromatic N) is 3. The fraction of sp³-hybridized carbons (Fsp3) is 0.483. The molecule has 0 bridgehead atoms. The van der Waals surface area contributed by atoms with Crippen molar-refractivity contribution in [2.45, 2.75) is 38.3 Å². The van der Waals surface area contributed by atoms with Crippen molar-refractivity contribution in [3.63, 3.8) is 0 Å². The third-order valence-electron chi connectivity index (χ3n) is 7.20. The van der Waals surface area contributed by atoms with Gasteiger partial charge in [0.25, 0.3) is 0 Å². The molecule has 13 heteroatoms. The topological polar surface area (TPSA) is 106 Å². The van der Waals surface area contributed by atoms with Gasteiger partial charge in [-0.25, -0.2) is 18.0 Å². The molecular formula is C29H34F3N3O6S. The van der Waals surface area contributed by atoms with Crippen LogP contribution in [0.5, 0.6) is 0 Å². The second kappa shape index (κ2) is 11.6. The molecule has 9 nitrogen and oxygen atoms in total. The van der Waals surface area contributed by atoms with Crippen molar-refractivity contribution in [2.24, 2.45) is 11.3 Å². The van der Waals surface area contributed by atoms with Crippen LogP contribution in [0.2, 0.25) is 0 Å². The molecule has 1 spiro atoms. The summed E-state index contributed by atoms with van der Waals surface area (Å²) in [5.41, 5.74) is -1.13. The summed E-state index contributed by atoms with van der Waals surface area (Å²) in [4.78, 5) is 32.6. The van der Waals surface area contributed by atoms with E-state index in [0.717, 1.165) is 12.1 Å². The van der Waals surface area contributed by atoms with Crippen LogP contribution in [-0.2, 0) is 31.2 Å². The molecule has 42 heavy (non-hydrogen) atoms. The quantitative estimate of drug-likeness (QED) is 0.399. The van der Waals surface area contributed by atoms with E-state index in [4.69, 9.17) is 9.47 Å². The van der Waals surface area contributed by atoms with Gasteiger partial charge in [0, 0.05) is 43.1 Å². The highest BCUT2D eigenvalue weighted by atomic mass is 32.2. The second-order valence-electron chi connectivity index (χ2n) is 11.8. The first kappa shape index (κ1) is 31.3. The summed E-state index contributed by atoms with van der Waals surface area (Å²) < 4.78 is 76.3. The van der Waals surface area contributed by atoms with E-state index in [9.17, 15) is 31.2 Å². The molecule has 0 aliphatic carbocycles. The molecule has 2 amide bonds. The summed E-state index contributed by atoms with van der Waals surface area (Å²) in [6.07, 6.45) is -4.13. The highest BCUT2D eigenvalue weighted by Gasteiger charge is 2.58. The van der Waals surface area contributed by atoms with Crippen molar-refractivity contribution >= 4 is 22.0 Å². The van der Waals surface area contributed by atoms with Gasteiger partial charge in [-0.05, 0) is 45.0 Å². The Hall–Kier alpha value is -3.61. The molecule has 1 atom stereocenters. The number of carbonyl (C=O) groups is 2. The largest absolute Gasteiger partial charge is 0.445 e. The molecule has 0 N–H and O–H groups in total. The number of aromatic nitrogens is 1. The van der Waals surface area contributed by atoms with Gasteiger partial charge in [0.05, 0.1) is 28.5 Å². The second-order valence-corrected chi connectivity index (χ2v) is 13.9. The van der Waals surface area contributed by atoms with Crippen LogP contribution in [0, 0.1) is 11.3 Å². The van der Waals surface area contributed by atoms with E-state index in [-0.39, 0.29) is 44.2 Å². The number of alkyl halides is 3. The van der Waals surface area contributed by atoms with Gasteiger partial charge < -0.3 is 19.3 Å². The van der Waals surface area contributed by atoms with Gasteiger partial charge in [0.2, 0.25) is 0 Å². The minimum Gasteiger partial charge on any atom is -0.445 e. The molecule has 1 aromatic heterocycles. The third-order valence-corrected chi connectivity index (χ3v) is 8.84. The summed E-state index contributed by atoms with van der Waals surface area (Å²) in [5.74, 6) is -1.13. The Morgan fingerprint density at radius 3 is 2.29 bits per heavy atom. The molecule has 2 saturated heterocycles. The van der Waals surface area contributed by atoms with E-state index in [0.29, 0.717) is 11.3 Å². The highest BCUT2D eigenvalue weighted by Crippen LogP contribution is 2.45. The predicted octanol–water partition coefficient (Wildman–Crippen LogP) is 5.17. The van der Waals surface area contributed by atoms with Crippen molar-refractivity contribution in [3.8, 4) is 11.3 Å². The van der Waals surface area contributed by atoms with E-state index < -0.39 is 56.5 Å². The Morgan fingerprint density at radius 1 is 1.05 bits per heavy atom. The number of rotatable bonds is 7. The lowest BCUT2D eigenvalue weighted by atomic mass is 9.72. The maximum absolute atomic E-state index is 13.4. The molecule has 2 fully saturated rings. The Balaban J connectivity index is 1.49. The maximum atomic E-state index is 13.4. The van der Waals surface area contributed by atoms with Crippen LogP contribution in [-0.4, -0.2) is 79.5 Å². The lowest BCUT2D eigenvalue weighted by Crippen LogP contribution is -2.63. The average molecular weight is 610 g/mol. The average Bonchev–Trinajstić information content (AvgIpc) is 3.23. The Morgan fingerprint density at radius 2 is 1.69 bits per heavy atom. The summed E-state index contributed by atoms with van der Waals surface area (Å²) in [6.45, 7) is 9.63.